The van der Waals surface area contributed by atoms with E-state index in [-0.39, 0.29) is 10.7 Å². The van der Waals surface area contributed by atoms with Crippen molar-refractivity contribution in [3.63, 3.8) is 0 Å². The lowest BCUT2D eigenvalue weighted by atomic mass is 10.1. The summed E-state index contributed by atoms with van der Waals surface area (Å²) >= 11 is 0. The number of sulfonamides is 1. The minimum absolute atomic E-state index is 0.114. The Labute approximate surface area is 184 Å². The fourth-order valence-corrected chi connectivity index (χ4v) is 5.82. The minimum atomic E-state index is -3.55. The Balaban J connectivity index is 1.36. The Morgan fingerprint density at radius 3 is 2.29 bits per heavy atom. The Bertz CT molecular complexity index is 1050. The maximum absolute atomic E-state index is 13.0. The summed E-state index contributed by atoms with van der Waals surface area (Å²) < 4.78 is 35.1. The first-order valence-electron chi connectivity index (χ1n) is 11.0. The molecule has 0 spiro atoms. The molecular weight excluding hydrogens is 414 g/mol. The highest BCUT2D eigenvalue weighted by molar-refractivity contribution is 7.89. The van der Waals surface area contributed by atoms with Gasteiger partial charge in [0.15, 0.2) is 5.78 Å². The zero-order chi connectivity index (χ0) is 22.2. The predicted octanol–water partition coefficient (Wildman–Crippen LogP) is 3.03. The Kier molecular flexibility index (Phi) is 6.23. The number of aryl methyl sites for hydroxylation is 1. The van der Waals surface area contributed by atoms with Crippen LogP contribution >= 0.6 is 0 Å². The van der Waals surface area contributed by atoms with Crippen molar-refractivity contribution in [2.75, 3.05) is 39.3 Å². The van der Waals surface area contributed by atoms with E-state index in [4.69, 9.17) is 4.74 Å². The van der Waals surface area contributed by atoms with Gasteiger partial charge in [0.25, 0.3) is 0 Å². The van der Waals surface area contributed by atoms with Crippen LogP contribution in [0.4, 0.5) is 0 Å². The summed E-state index contributed by atoms with van der Waals surface area (Å²) in [6.45, 7) is 8.69. The van der Waals surface area contributed by atoms with E-state index < -0.39 is 10.0 Å². The lowest BCUT2D eigenvalue weighted by Crippen LogP contribution is -2.49. The maximum atomic E-state index is 13.0. The van der Waals surface area contributed by atoms with Crippen LogP contribution in [0, 0.1) is 13.8 Å². The van der Waals surface area contributed by atoms with Gasteiger partial charge in [-0.15, -0.1) is 0 Å². The van der Waals surface area contributed by atoms with Gasteiger partial charge in [0.2, 0.25) is 10.0 Å². The number of hydrogen-bond donors (Lipinski definition) is 0. The second kappa shape index (κ2) is 8.76. The maximum Gasteiger partial charge on any atom is 0.243 e. The van der Waals surface area contributed by atoms with Crippen molar-refractivity contribution in [2.24, 2.45) is 0 Å². The van der Waals surface area contributed by atoms with Crippen LogP contribution in [-0.2, 0) is 10.0 Å². The number of rotatable bonds is 8. The highest BCUT2D eigenvalue weighted by atomic mass is 32.2. The molecule has 168 valence electrons. The van der Waals surface area contributed by atoms with Crippen LogP contribution in [0.2, 0.25) is 0 Å². The van der Waals surface area contributed by atoms with Gasteiger partial charge in [-0.3, -0.25) is 9.69 Å². The molecule has 1 saturated carbocycles. The van der Waals surface area contributed by atoms with E-state index >= 15 is 0 Å². The van der Waals surface area contributed by atoms with E-state index in [2.05, 4.69) is 16.4 Å². The Hall–Kier alpha value is -2.16. The monoisotopic (exact) mass is 445 g/mol. The third-order valence-electron chi connectivity index (χ3n) is 6.17. The van der Waals surface area contributed by atoms with E-state index in [1.807, 2.05) is 19.9 Å². The van der Waals surface area contributed by atoms with Crippen LogP contribution in [0.5, 0.6) is 5.75 Å². The van der Waals surface area contributed by atoms with Gasteiger partial charge < -0.3 is 9.30 Å². The van der Waals surface area contributed by atoms with Crippen LogP contribution in [0.25, 0.3) is 0 Å². The van der Waals surface area contributed by atoms with E-state index in [0.717, 1.165) is 17.0 Å². The number of nitrogens with zero attached hydrogens (tertiary/aromatic N) is 3. The van der Waals surface area contributed by atoms with Crippen molar-refractivity contribution in [1.29, 1.82) is 0 Å². The summed E-state index contributed by atoms with van der Waals surface area (Å²) in [7, 11) is -3.55. The molecule has 1 aliphatic carbocycles. The molecule has 0 unspecified atom stereocenters. The summed E-state index contributed by atoms with van der Waals surface area (Å²) in [5.74, 6) is 0.772. The van der Waals surface area contributed by atoms with Gasteiger partial charge in [-0.05, 0) is 63.9 Å². The second-order valence-electron chi connectivity index (χ2n) is 8.39. The summed E-state index contributed by atoms with van der Waals surface area (Å²) in [4.78, 5) is 15.3. The molecule has 7 nitrogen and oxygen atoms in total. The standard InChI is InChI=1S/C23H31N3O4S/c1-4-30-20-7-9-21(10-8-20)31(28,29)25-13-11-24(12-14-25)16-23(27)22-15-17(2)26(18(22)3)19-5-6-19/h7-10,15,19H,4-6,11-14,16H2,1-3H3. The molecule has 2 fully saturated rings. The number of carbonyl (C=O) groups excluding carboxylic acids is 1. The Morgan fingerprint density at radius 2 is 1.71 bits per heavy atom. The molecule has 0 N–H and O–H groups in total. The fraction of sp³-hybridized carbons (Fsp3) is 0.522. The number of carbonyl (C=O) groups is 1. The van der Waals surface area contributed by atoms with Crippen molar-refractivity contribution < 1.29 is 17.9 Å². The van der Waals surface area contributed by atoms with Crippen LogP contribution in [0.1, 0.15) is 47.6 Å². The first kappa shape index (κ1) is 22.0. The quantitative estimate of drug-likeness (QED) is 0.584. The molecule has 1 saturated heterocycles. The van der Waals surface area contributed by atoms with Crippen LogP contribution in [0.3, 0.4) is 0 Å². The second-order valence-corrected chi connectivity index (χ2v) is 10.3. The number of aromatic nitrogens is 1. The lowest BCUT2D eigenvalue weighted by molar-refractivity contribution is 0.0901. The fourth-order valence-electron chi connectivity index (χ4n) is 4.39. The number of benzene rings is 1. The summed E-state index contributed by atoms with van der Waals surface area (Å²) in [5, 5.41) is 0. The topological polar surface area (TPSA) is 71.9 Å². The van der Waals surface area contributed by atoms with E-state index in [0.29, 0.717) is 51.1 Å². The molecule has 0 atom stereocenters. The van der Waals surface area contributed by atoms with Gasteiger partial charge in [-0.25, -0.2) is 8.42 Å². The summed E-state index contributed by atoms with van der Waals surface area (Å²) in [6.07, 6.45) is 2.38. The van der Waals surface area contributed by atoms with Gasteiger partial charge in [0.05, 0.1) is 18.0 Å². The normalized spacial score (nSPS) is 18.3. The molecule has 1 aromatic heterocycles. The van der Waals surface area contributed by atoms with Gasteiger partial charge in [0.1, 0.15) is 5.75 Å². The third-order valence-corrected chi connectivity index (χ3v) is 8.08. The van der Waals surface area contributed by atoms with Crippen LogP contribution in [0.15, 0.2) is 35.2 Å². The average molecular weight is 446 g/mol. The molecule has 0 amide bonds. The average Bonchev–Trinajstić information content (AvgIpc) is 3.53. The van der Waals surface area contributed by atoms with E-state index in [1.165, 1.54) is 17.1 Å². The summed E-state index contributed by atoms with van der Waals surface area (Å²) in [6, 6.07) is 9.10. The lowest BCUT2D eigenvalue weighted by Gasteiger charge is -2.33. The van der Waals surface area contributed by atoms with Crippen molar-refractivity contribution in [1.82, 2.24) is 13.8 Å². The zero-order valence-corrected chi connectivity index (χ0v) is 19.3. The largest absolute Gasteiger partial charge is 0.494 e. The first-order valence-corrected chi connectivity index (χ1v) is 12.4. The van der Waals surface area contributed by atoms with Crippen molar-refractivity contribution in [3.8, 4) is 5.75 Å². The zero-order valence-electron chi connectivity index (χ0n) is 18.5. The number of piperazine rings is 1. The van der Waals surface area contributed by atoms with Crippen LogP contribution in [-0.4, -0.2) is 67.3 Å². The Morgan fingerprint density at radius 1 is 1.06 bits per heavy atom. The molecule has 8 heteroatoms. The number of ketones is 1. The number of hydrogen-bond acceptors (Lipinski definition) is 5. The van der Waals surface area contributed by atoms with Gasteiger partial charge in [-0.2, -0.15) is 4.31 Å². The molecule has 1 aliphatic heterocycles. The molecule has 4 rings (SSSR count). The smallest absolute Gasteiger partial charge is 0.243 e. The van der Waals surface area contributed by atoms with Crippen molar-refractivity contribution in [3.05, 3.63) is 47.3 Å². The van der Waals surface area contributed by atoms with Gasteiger partial charge in [-0.1, -0.05) is 0 Å². The molecule has 2 aliphatic rings. The third kappa shape index (κ3) is 4.56. The predicted molar refractivity (Wildman–Crippen MR) is 119 cm³/mol. The summed E-state index contributed by atoms with van der Waals surface area (Å²) in [5.41, 5.74) is 3.00. The molecule has 0 bridgehead atoms. The van der Waals surface area contributed by atoms with E-state index in [1.54, 1.807) is 24.3 Å². The molecule has 2 aromatic rings. The number of ether oxygens (including phenoxy) is 1. The van der Waals surface area contributed by atoms with E-state index in [9.17, 15) is 13.2 Å². The molecule has 31 heavy (non-hydrogen) atoms. The molecule has 0 radical (unpaired) electrons. The highest BCUT2D eigenvalue weighted by Gasteiger charge is 2.31. The van der Waals surface area contributed by atoms with Crippen molar-refractivity contribution in [2.45, 2.75) is 44.6 Å². The first-order chi connectivity index (χ1) is 14.8. The highest BCUT2D eigenvalue weighted by Crippen LogP contribution is 2.38. The molecule has 1 aromatic carbocycles. The van der Waals surface area contributed by atoms with Crippen LogP contribution < -0.4 is 4.74 Å². The molecular formula is C23H31N3O4S. The molecule has 2 heterocycles. The van der Waals surface area contributed by atoms with Gasteiger partial charge in [0, 0.05) is 49.2 Å². The minimum Gasteiger partial charge on any atom is -0.494 e. The number of Topliss-reactive ketones (excluding diaryl/α,β-unsaturated/α-hetero) is 1. The SMILES string of the molecule is CCOc1ccc(S(=O)(=O)N2CCN(CC(=O)c3cc(C)n(C4CC4)c3C)CC2)cc1. The van der Waals surface area contributed by atoms with Crippen molar-refractivity contribution >= 4 is 15.8 Å². The van der Waals surface area contributed by atoms with Gasteiger partial charge >= 0.3 is 0 Å².